The molecule has 0 saturated heterocycles. The van der Waals surface area contributed by atoms with E-state index < -0.39 is 24.0 Å². The first-order valence-electron chi connectivity index (χ1n) is 4.34. The molecule has 0 rings (SSSR count). The van der Waals surface area contributed by atoms with Gasteiger partial charge in [0.1, 0.15) is 12.1 Å². The monoisotopic (exact) mass is 204 g/mol. The highest BCUT2D eigenvalue weighted by atomic mass is 16.5. The fourth-order valence-electron chi connectivity index (χ4n) is 0.660. The molecule has 3 atom stereocenters. The minimum absolute atomic E-state index is 0.283. The molecule has 0 bridgehead atoms. The van der Waals surface area contributed by atoms with E-state index in [0.717, 1.165) is 0 Å². The van der Waals surface area contributed by atoms with Gasteiger partial charge in [0.15, 0.2) is 0 Å². The van der Waals surface area contributed by atoms with Crippen LogP contribution < -0.4 is 11.5 Å². The number of carbonyl (C=O) groups is 2. The molecule has 0 aliphatic heterocycles. The SMILES string of the molecule is CCC(C)OC(=O)C(N)C(N)C(=O)O. The highest BCUT2D eigenvalue weighted by molar-refractivity contribution is 5.85. The van der Waals surface area contributed by atoms with Crippen LogP contribution >= 0.6 is 0 Å². The zero-order valence-corrected chi connectivity index (χ0v) is 8.27. The lowest BCUT2D eigenvalue weighted by molar-refractivity contribution is -0.154. The van der Waals surface area contributed by atoms with E-state index in [0.29, 0.717) is 6.42 Å². The molecule has 0 aliphatic carbocycles. The molecule has 0 aromatic heterocycles. The topological polar surface area (TPSA) is 116 Å². The third kappa shape index (κ3) is 3.71. The molecule has 0 aliphatic rings. The van der Waals surface area contributed by atoms with Crippen molar-refractivity contribution in [3.05, 3.63) is 0 Å². The van der Waals surface area contributed by atoms with Crippen LogP contribution in [0.4, 0.5) is 0 Å². The summed E-state index contributed by atoms with van der Waals surface area (Å²) < 4.78 is 4.83. The number of carboxylic acids is 1. The Morgan fingerprint density at radius 1 is 1.36 bits per heavy atom. The lowest BCUT2D eigenvalue weighted by Gasteiger charge is -2.17. The molecule has 0 aromatic carbocycles. The molecular formula is C8H16N2O4. The number of hydrogen-bond donors (Lipinski definition) is 3. The maximum absolute atomic E-state index is 11.2. The summed E-state index contributed by atoms with van der Waals surface area (Å²) in [6, 6.07) is -2.74. The van der Waals surface area contributed by atoms with Crippen LogP contribution in [0.2, 0.25) is 0 Å². The van der Waals surface area contributed by atoms with Crippen molar-refractivity contribution in [3.63, 3.8) is 0 Å². The van der Waals surface area contributed by atoms with Crippen molar-refractivity contribution in [1.82, 2.24) is 0 Å². The Labute approximate surface area is 82.2 Å². The number of carbonyl (C=O) groups excluding carboxylic acids is 1. The van der Waals surface area contributed by atoms with E-state index in [2.05, 4.69) is 0 Å². The second kappa shape index (κ2) is 5.56. The van der Waals surface area contributed by atoms with E-state index in [9.17, 15) is 9.59 Å². The Hall–Kier alpha value is -1.14. The molecule has 0 radical (unpaired) electrons. The van der Waals surface area contributed by atoms with Gasteiger partial charge in [-0.05, 0) is 13.3 Å². The predicted molar refractivity (Wildman–Crippen MR) is 49.4 cm³/mol. The Morgan fingerprint density at radius 3 is 2.21 bits per heavy atom. The van der Waals surface area contributed by atoms with Crippen molar-refractivity contribution in [2.24, 2.45) is 11.5 Å². The lowest BCUT2D eigenvalue weighted by atomic mass is 10.1. The molecular weight excluding hydrogens is 188 g/mol. The highest BCUT2D eigenvalue weighted by Crippen LogP contribution is 2.00. The highest BCUT2D eigenvalue weighted by Gasteiger charge is 2.29. The van der Waals surface area contributed by atoms with Gasteiger partial charge in [-0.1, -0.05) is 6.92 Å². The molecule has 6 heteroatoms. The van der Waals surface area contributed by atoms with Gasteiger partial charge >= 0.3 is 11.9 Å². The van der Waals surface area contributed by atoms with E-state index in [1.165, 1.54) is 0 Å². The van der Waals surface area contributed by atoms with E-state index in [-0.39, 0.29) is 6.10 Å². The van der Waals surface area contributed by atoms with Gasteiger partial charge in [0.05, 0.1) is 6.10 Å². The van der Waals surface area contributed by atoms with Crippen LogP contribution in [0.3, 0.4) is 0 Å². The van der Waals surface area contributed by atoms with Gasteiger partial charge in [0, 0.05) is 0 Å². The van der Waals surface area contributed by atoms with Crippen molar-refractivity contribution in [3.8, 4) is 0 Å². The number of rotatable bonds is 5. The second-order valence-electron chi connectivity index (χ2n) is 3.05. The van der Waals surface area contributed by atoms with E-state index in [1.54, 1.807) is 6.92 Å². The van der Waals surface area contributed by atoms with Gasteiger partial charge in [-0.2, -0.15) is 0 Å². The van der Waals surface area contributed by atoms with E-state index >= 15 is 0 Å². The Morgan fingerprint density at radius 2 is 1.86 bits per heavy atom. The summed E-state index contributed by atoms with van der Waals surface area (Å²) in [5, 5.41) is 8.48. The van der Waals surface area contributed by atoms with E-state index in [4.69, 9.17) is 21.3 Å². The molecule has 0 heterocycles. The van der Waals surface area contributed by atoms with Crippen LogP contribution in [0.1, 0.15) is 20.3 Å². The molecule has 5 N–H and O–H groups in total. The molecule has 3 unspecified atom stereocenters. The molecule has 6 nitrogen and oxygen atoms in total. The van der Waals surface area contributed by atoms with Gasteiger partial charge in [-0.15, -0.1) is 0 Å². The molecule has 0 aromatic rings. The maximum atomic E-state index is 11.2. The number of aliphatic carboxylic acids is 1. The fraction of sp³-hybridized carbons (Fsp3) is 0.750. The summed E-state index contributed by atoms with van der Waals surface area (Å²) in [7, 11) is 0. The third-order valence-electron chi connectivity index (χ3n) is 1.84. The third-order valence-corrected chi connectivity index (χ3v) is 1.84. The quantitative estimate of drug-likeness (QED) is 0.498. The lowest BCUT2D eigenvalue weighted by Crippen LogP contribution is -2.52. The number of ether oxygens (including phenoxy) is 1. The first-order valence-corrected chi connectivity index (χ1v) is 4.34. The minimum atomic E-state index is -1.42. The molecule has 82 valence electrons. The average molecular weight is 204 g/mol. The average Bonchev–Trinajstić information content (AvgIpc) is 2.14. The van der Waals surface area contributed by atoms with Crippen molar-refractivity contribution in [2.45, 2.75) is 38.5 Å². The van der Waals surface area contributed by atoms with Crippen LogP contribution in [-0.4, -0.2) is 35.2 Å². The Kier molecular flexibility index (Phi) is 5.11. The fourth-order valence-corrected chi connectivity index (χ4v) is 0.660. The number of nitrogens with two attached hydrogens (primary N) is 2. The van der Waals surface area contributed by atoms with Crippen LogP contribution in [0.5, 0.6) is 0 Å². The summed E-state index contributed by atoms with van der Waals surface area (Å²) in [6.45, 7) is 3.53. The van der Waals surface area contributed by atoms with Gasteiger partial charge in [-0.25, -0.2) is 0 Å². The summed E-state index contributed by atoms with van der Waals surface area (Å²) in [5.74, 6) is -2.10. The van der Waals surface area contributed by atoms with Crippen LogP contribution in [0, 0.1) is 0 Å². The van der Waals surface area contributed by atoms with Gasteiger partial charge < -0.3 is 21.3 Å². The minimum Gasteiger partial charge on any atom is -0.480 e. The molecule has 0 amide bonds. The first kappa shape index (κ1) is 12.9. The van der Waals surface area contributed by atoms with Crippen molar-refractivity contribution < 1.29 is 19.4 Å². The van der Waals surface area contributed by atoms with Crippen molar-refractivity contribution >= 4 is 11.9 Å². The molecule has 0 saturated carbocycles. The van der Waals surface area contributed by atoms with Crippen LogP contribution in [0.25, 0.3) is 0 Å². The van der Waals surface area contributed by atoms with Crippen molar-refractivity contribution in [2.75, 3.05) is 0 Å². The number of hydrogen-bond acceptors (Lipinski definition) is 5. The molecule has 0 spiro atoms. The Balaban J connectivity index is 4.18. The number of esters is 1. The van der Waals surface area contributed by atoms with E-state index in [1.807, 2.05) is 6.92 Å². The maximum Gasteiger partial charge on any atom is 0.325 e. The smallest absolute Gasteiger partial charge is 0.325 e. The number of carboxylic acid groups (broad SMARTS) is 1. The summed E-state index contributed by atoms with van der Waals surface area (Å²) in [4.78, 5) is 21.6. The van der Waals surface area contributed by atoms with Gasteiger partial charge in [0.25, 0.3) is 0 Å². The van der Waals surface area contributed by atoms with Crippen LogP contribution in [-0.2, 0) is 14.3 Å². The van der Waals surface area contributed by atoms with Gasteiger partial charge in [0.2, 0.25) is 0 Å². The molecule has 14 heavy (non-hydrogen) atoms. The normalized spacial score (nSPS) is 16.9. The molecule has 0 fully saturated rings. The van der Waals surface area contributed by atoms with Crippen LogP contribution in [0.15, 0.2) is 0 Å². The van der Waals surface area contributed by atoms with Gasteiger partial charge in [-0.3, -0.25) is 9.59 Å². The largest absolute Gasteiger partial charge is 0.480 e. The first-order chi connectivity index (χ1) is 6.40. The summed E-state index contributed by atoms with van der Waals surface area (Å²) >= 11 is 0. The standard InChI is InChI=1S/C8H16N2O4/c1-3-4(2)14-8(13)6(10)5(9)7(11)12/h4-6H,3,9-10H2,1-2H3,(H,11,12). The summed E-state index contributed by atoms with van der Waals surface area (Å²) in [5.41, 5.74) is 10.4. The zero-order valence-electron chi connectivity index (χ0n) is 8.27. The summed E-state index contributed by atoms with van der Waals surface area (Å²) in [6.07, 6.45) is 0.357. The predicted octanol–water partition coefficient (Wildman–Crippen LogP) is -0.933. The zero-order chi connectivity index (χ0) is 11.3. The Bertz CT molecular complexity index is 219. The van der Waals surface area contributed by atoms with Crippen molar-refractivity contribution in [1.29, 1.82) is 0 Å². The second-order valence-corrected chi connectivity index (χ2v) is 3.05.